The Morgan fingerprint density at radius 3 is 2.57 bits per heavy atom. The van der Waals surface area contributed by atoms with E-state index in [-0.39, 0.29) is 12.6 Å². The van der Waals surface area contributed by atoms with Gasteiger partial charge in [0.25, 0.3) is 0 Å². The second-order valence-corrected chi connectivity index (χ2v) is 7.50. The number of nitrogens with one attached hydrogen (secondary N) is 2. The topological polar surface area (TPSA) is 52.1 Å². The molecule has 0 amide bonds. The van der Waals surface area contributed by atoms with Gasteiger partial charge in [-0.3, -0.25) is 14.8 Å². The number of hydrogen-bond donors (Lipinski definition) is 2. The fraction of sp³-hybridized carbons (Fsp3) is 0.667. The van der Waals surface area contributed by atoms with Crippen LogP contribution in [0.1, 0.15) is 31.4 Å². The van der Waals surface area contributed by atoms with Gasteiger partial charge < -0.3 is 15.4 Å². The Hall–Kier alpha value is -2.00. The molecule has 0 bridgehead atoms. The van der Waals surface area contributed by atoms with E-state index < -0.39 is 12.7 Å². The van der Waals surface area contributed by atoms with Gasteiger partial charge in [0.05, 0.1) is 26.2 Å². The van der Waals surface area contributed by atoms with Gasteiger partial charge in [-0.15, -0.1) is 0 Å². The van der Waals surface area contributed by atoms with Crippen molar-refractivity contribution in [2.24, 2.45) is 4.99 Å². The normalized spacial score (nSPS) is 16.7. The van der Waals surface area contributed by atoms with Gasteiger partial charge in [0.2, 0.25) is 0 Å². The summed E-state index contributed by atoms with van der Waals surface area (Å²) < 4.78 is 43.0. The zero-order valence-corrected chi connectivity index (χ0v) is 18.1. The van der Waals surface area contributed by atoms with Crippen LogP contribution in [-0.4, -0.2) is 81.9 Å². The predicted molar refractivity (Wildman–Crippen MR) is 114 cm³/mol. The van der Waals surface area contributed by atoms with Crippen LogP contribution in [0.2, 0.25) is 0 Å². The van der Waals surface area contributed by atoms with Crippen LogP contribution in [0.4, 0.5) is 13.2 Å². The number of alkyl halides is 3. The first-order valence-corrected chi connectivity index (χ1v) is 10.5. The van der Waals surface area contributed by atoms with Crippen LogP contribution >= 0.6 is 0 Å². The summed E-state index contributed by atoms with van der Waals surface area (Å²) >= 11 is 0. The van der Waals surface area contributed by atoms with Crippen LogP contribution in [-0.2, 0) is 0 Å². The van der Waals surface area contributed by atoms with Crippen molar-refractivity contribution in [2.45, 2.75) is 32.0 Å². The molecule has 1 atom stereocenters. The molecule has 0 aromatic heterocycles. The molecule has 2 rings (SSSR count). The summed E-state index contributed by atoms with van der Waals surface area (Å²) in [5.74, 6) is 1.45. The van der Waals surface area contributed by atoms with E-state index in [1.165, 1.54) is 24.8 Å². The molecule has 0 aliphatic carbocycles. The molecule has 1 aliphatic heterocycles. The van der Waals surface area contributed by atoms with E-state index in [1.54, 1.807) is 7.11 Å². The standard InChI is InChI=1S/C21H34F3N5O/c1-4-25-20(26-11-14-28(2)16-21(22,23)24)27-15-18(29-12-7-8-13-29)17-9-5-6-10-19(17)30-3/h5-6,9-10,18H,4,7-8,11-16H2,1-3H3,(H2,25,26,27). The van der Waals surface area contributed by atoms with Crippen molar-refractivity contribution >= 4 is 5.96 Å². The molecule has 1 saturated heterocycles. The zero-order chi connectivity index (χ0) is 22.0. The van der Waals surface area contributed by atoms with Crippen LogP contribution in [0.15, 0.2) is 29.3 Å². The molecule has 1 aromatic carbocycles. The molecule has 6 nitrogen and oxygen atoms in total. The monoisotopic (exact) mass is 429 g/mol. The summed E-state index contributed by atoms with van der Waals surface area (Å²) in [5, 5.41) is 6.32. The molecule has 30 heavy (non-hydrogen) atoms. The smallest absolute Gasteiger partial charge is 0.401 e. The molecule has 1 heterocycles. The fourth-order valence-corrected chi connectivity index (χ4v) is 3.68. The van der Waals surface area contributed by atoms with Gasteiger partial charge in [0.1, 0.15) is 5.75 Å². The lowest BCUT2D eigenvalue weighted by atomic mass is 10.0. The Morgan fingerprint density at radius 1 is 1.23 bits per heavy atom. The number of likely N-dealkylation sites (N-methyl/N-ethyl adjacent to an activating group) is 1. The Bertz CT molecular complexity index is 662. The Balaban J connectivity index is 2.04. The molecule has 0 saturated carbocycles. The molecule has 0 spiro atoms. The van der Waals surface area contributed by atoms with Gasteiger partial charge in [0, 0.05) is 25.2 Å². The van der Waals surface area contributed by atoms with E-state index >= 15 is 0 Å². The van der Waals surface area contributed by atoms with Crippen molar-refractivity contribution in [3.63, 3.8) is 0 Å². The number of aliphatic imine (C=N–C) groups is 1. The molecule has 9 heteroatoms. The number of hydrogen-bond acceptors (Lipinski definition) is 4. The van der Waals surface area contributed by atoms with E-state index in [4.69, 9.17) is 9.73 Å². The Kier molecular flexibility index (Phi) is 9.71. The Labute approximate surface area is 177 Å². The summed E-state index contributed by atoms with van der Waals surface area (Å²) in [6, 6.07) is 8.08. The van der Waals surface area contributed by atoms with E-state index in [0.29, 0.717) is 25.6 Å². The lowest BCUT2D eigenvalue weighted by molar-refractivity contribution is -0.142. The first-order chi connectivity index (χ1) is 14.3. The van der Waals surface area contributed by atoms with Crippen LogP contribution in [0, 0.1) is 0 Å². The minimum Gasteiger partial charge on any atom is -0.496 e. The number of para-hydroxylation sites is 1. The number of methoxy groups -OCH3 is 1. The molecule has 1 fully saturated rings. The van der Waals surface area contributed by atoms with Gasteiger partial charge in [-0.25, -0.2) is 0 Å². The maximum absolute atomic E-state index is 12.5. The Morgan fingerprint density at radius 2 is 1.93 bits per heavy atom. The van der Waals surface area contributed by atoms with Gasteiger partial charge >= 0.3 is 6.18 Å². The number of guanidine groups is 1. The minimum absolute atomic E-state index is 0.0898. The summed E-state index contributed by atoms with van der Waals surface area (Å²) in [4.78, 5) is 8.41. The summed E-state index contributed by atoms with van der Waals surface area (Å²) in [5.41, 5.74) is 1.10. The van der Waals surface area contributed by atoms with E-state index in [1.807, 2.05) is 25.1 Å². The van der Waals surface area contributed by atoms with Gasteiger partial charge in [-0.2, -0.15) is 13.2 Å². The van der Waals surface area contributed by atoms with Crippen molar-refractivity contribution in [2.75, 3.05) is 60.0 Å². The lowest BCUT2D eigenvalue weighted by Gasteiger charge is -2.28. The molecule has 170 valence electrons. The molecular formula is C21H34F3N5O. The molecule has 1 unspecified atom stereocenters. The van der Waals surface area contributed by atoms with Crippen LogP contribution in [0.5, 0.6) is 5.75 Å². The zero-order valence-electron chi connectivity index (χ0n) is 18.1. The number of halogens is 3. The van der Waals surface area contributed by atoms with Crippen LogP contribution in [0.3, 0.4) is 0 Å². The number of benzene rings is 1. The highest BCUT2D eigenvalue weighted by Crippen LogP contribution is 2.31. The third-order valence-corrected chi connectivity index (χ3v) is 5.08. The van der Waals surface area contributed by atoms with Crippen molar-refractivity contribution in [3.05, 3.63) is 29.8 Å². The summed E-state index contributed by atoms with van der Waals surface area (Å²) in [7, 11) is 3.14. The molecule has 0 radical (unpaired) electrons. The fourth-order valence-electron chi connectivity index (χ4n) is 3.68. The van der Waals surface area contributed by atoms with E-state index in [0.717, 1.165) is 24.4 Å². The number of likely N-dealkylation sites (tertiary alicyclic amines) is 1. The average molecular weight is 430 g/mol. The van der Waals surface area contributed by atoms with Crippen molar-refractivity contribution in [3.8, 4) is 5.75 Å². The first kappa shape index (κ1) is 24.3. The summed E-state index contributed by atoms with van der Waals surface area (Å²) in [6.07, 6.45) is -1.86. The van der Waals surface area contributed by atoms with Gasteiger partial charge in [0.15, 0.2) is 5.96 Å². The highest BCUT2D eigenvalue weighted by Gasteiger charge is 2.29. The van der Waals surface area contributed by atoms with E-state index in [9.17, 15) is 13.2 Å². The third kappa shape index (κ3) is 8.02. The van der Waals surface area contributed by atoms with E-state index in [2.05, 4.69) is 21.6 Å². The van der Waals surface area contributed by atoms with Gasteiger partial charge in [-0.1, -0.05) is 18.2 Å². The minimum atomic E-state index is -4.19. The highest BCUT2D eigenvalue weighted by atomic mass is 19.4. The van der Waals surface area contributed by atoms with Crippen molar-refractivity contribution in [1.29, 1.82) is 0 Å². The molecule has 1 aromatic rings. The molecule has 2 N–H and O–H groups in total. The maximum atomic E-state index is 12.5. The van der Waals surface area contributed by atoms with Crippen LogP contribution < -0.4 is 15.4 Å². The average Bonchev–Trinajstić information content (AvgIpc) is 3.21. The largest absolute Gasteiger partial charge is 0.496 e. The number of nitrogens with zero attached hydrogens (tertiary/aromatic N) is 3. The molecule has 1 aliphatic rings. The number of rotatable bonds is 10. The second kappa shape index (κ2) is 12.0. The van der Waals surface area contributed by atoms with Gasteiger partial charge in [-0.05, 0) is 46.0 Å². The SMILES string of the molecule is CCNC(=NCC(c1ccccc1OC)N1CCCC1)NCCN(C)CC(F)(F)F. The van der Waals surface area contributed by atoms with Crippen molar-refractivity contribution < 1.29 is 17.9 Å². The van der Waals surface area contributed by atoms with Crippen LogP contribution in [0.25, 0.3) is 0 Å². The quantitative estimate of drug-likeness (QED) is 0.443. The highest BCUT2D eigenvalue weighted by molar-refractivity contribution is 5.79. The summed E-state index contributed by atoms with van der Waals surface area (Å²) in [6.45, 7) is 4.93. The predicted octanol–water partition coefficient (Wildman–Crippen LogP) is 2.88. The maximum Gasteiger partial charge on any atom is 0.401 e. The third-order valence-electron chi connectivity index (χ3n) is 5.08. The second-order valence-electron chi connectivity index (χ2n) is 7.50. The number of ether oxygens (including phenoxy) is 1. The molecular weight excluding hydrogens is 395 g/mol. The first-order valence-electron chi connectivity index (χ1n) is 10.5. The van der Waals surface area contributed by atoms with Crippen molar-refractivity contribution in [1.82, 2.24) is 20.4 Å². The lowest BCUT2D eigenvalue weighted by Crippen LogP contribution is -2.43.